The maximum absolute atomic E-state index is 13.1. The van der Waals surface area contributed by atoms with Crippen LogP contribution in [0.5, 0.6) is 0 Å². The first kappa shape index (κ1) is 95.2. The molecule has 0 bridgehead atoms. The van der Waals surface area contributed by atoms with E-state index in [1.165, 1.54) is 66.9 Å². The molecule has 5 unspecified atom stereocenters. The van der Waals surface area contributed by atoms with Crippen LogP contribution in [-0.4, -0.2) is 172 Å². The van der Waals surface area contributed by atoms with Gasteiger partial charge in [0.2, 0.25) is 5.91 Å². The van der Waals surface area contributed by atoms with E-state index in [1.54, 1.807) is 43.5 Å². The molecule has 2 aliphatic carbocycles. The Morgan fingerprint density at radius 2 is 1.20 bits per heavy atom. The van der Waals surface area contributed by atoms with Crippen LogP contribution in [0.4, 0.5) is 9.59 Å². The minimum absolute atomic E-state index is 0. The number of likely N-dealkylation sites (tertiary alicyclic amines) is 1. The predicted molar refractivity (Wildman–Crippen MR) is 438 cm³/mol. The first-order valence-electron chi connectivity index (χ1n) is 31.9. The minimum atomic E-state index is -0.987. The summed E-state index contributed by atoms with van der Waals surface area (Å²) in [7, 11) is 0.628. The van der Waals surface area contributed by atoms with E-state index in [2.05, 4.69) is 187 Å². The monoisotopic (exact) mass is 2340 g/mol. The third-order valence-corrected chi connectivity index (χ3v) is 16.4. The molecular formula is C64H92I8N9O15V2. The van der Waals surface area contributed by atoms with Crippen molar-refractivity contribution in [1.29, 1.82) is 0 Å². The Kier molecular flexibility index (Phi) is 53.2. The van der Waals surface area contributed by atoms with Crippen LogP contribution in [-0.2, 0) is 75.0 Å². The van der Waals surface area contributed by atoms with Gasteiger partial charge in [0.15, 0.2) is 0 Å². The third kappa shape index (κ3) is 35.5. The molecule has 549 valence electrons. The van der Waals surface area contributed by atoms with Crippen LogP contribution in [0.25, 0.3) is 0 Å². The summed E-state index contributed by atoms with van der Waals surface area (Å²) >= 11 is 16.4. The Morgan fingerprint density at radius 1 is 0.704 bits per heavy atom. The number of carbonyl (C=O) groups excluding carboxylic acids is 6. The van der Waals surface area contributed by atoms with E-state index in [0.29, 0.717) is 59.4 Å². The van der Waals surface area contributed by atoms with Crippen molar-refractivity contribution in [2.75, 3.05) is 13.2 Å². The van der Waals surface area contributed by atoms with Crippen molar-refractivity contribution < 1.29 is 87.1 Å². The number of carboxylic acid groups (broad SMARTS) is 3. The number of fused-ring (bicyclic) bond motifs is 2. The quantitative estimate of drug-likeness (QED) is 0.0195. The average Bonchev–Trinajstić information content (AvgIpc) is 1.52. The number of aryl methyl sites for hydroxylation is 2. The van der Waals surface area contributed by atoms with Crippen molar-refractivity contribution >= 4 is 215 Å². The normalized spacial score (nSPS) is 20.7. The molecule has 0 spiro atoms. The molecule has 5 aliphatic rings. The number of amides is 2. The summed E-state index contributed by atoms with van der Waals surface area (Å²) in [6.45, 7) is 12.8. The van der Waals surface area contributed by atoms with Gasteiger partial charge in [0.05, 0.1) is 19.3 Å². The molecule has 5 heterocycles. The first-order chi connectivity index (χ1) is 46.3. The Morgan fingerprint density at radius 3 is 1.65 bits per heavy atom. The summed E-state index contributed by atoms with van der Waals surface area (Å²) in [5.41, 5.74) is 2.40. The SMILES string of the molecule is CC(N[C@H](C)CCc1ccccc1)C(=O)N1C2CCCCC2C[C@H]1C(=O)O.CCC[C@H](C(=O)OCC)N1C(=O)OC(=O)[C@@H]1C.CCOC(=O)[C@@H](CCc1ccccc1)N[C@@H](C)C(=O)O.I.II.O=C(O)[C@@H]1CC2CCCCC2N1.O=C(n1ccnc1)n1ccnc1.[I][V]([I])[I].[I][V][I]. The number of nitrogens with zero attached hydrogens (tertiary/aromatic N) is 6. The van der Waals surface area contributed by atoms with Gasteiger partial charge in [-0.2, -0.15) is 0 Å². The Hall–Kier alpha value is -0.821. The van der Waals surface area contributed by atoms with Gasteiger partial charge in [0.1, 0.15) is 48.9 Å². The zero-order valence-electron chi connectivity index (χ0n) is 55.8. The number of rotatable bonds is 21. The fourth-order valence-electron chi connectivity index (χ4n) is 11.8. The topological polar surface area (TPSA) is 320 Å². The van der Waals surface area contributed by atoms with E-state index in [-0.39, 0.29) is 78.2 Å². The molecule has 3 saturated heterocycles. The van der Waals surface area contributed by atoms with Crippen LogP contribution in [0.1, 0.15) is 149 Å². The number of carbonyl (C=O) groups is 9. The molecule has 4 aromatic rings. The van der Waals surface area contributed by atoms with Crippen molar-refractivity contribution in [3.8, 4) is 0 Å². The van der Waals surface area contributed by atoms with Crippen molar-refractivity contribution in [1.82, 2.24) is 44.9 Å². The van der Waals surface area contributed by atoms with Crippen molar-refractivity contribution in [2.24, 2.45) is 11.8 Å². The van der Waals surface area contributed by atoms with Gasteiger partial charge in [-0.05, 0) is 135 Å². The van der Waals surface area contributed by atoms with Crippen LogP contribution in [0, 0.1) is 11.8 Å². The summed E-state index contributed by atoms with van der Waals surface area (Å²) < 4.78 is 17.1. The number of hydrogen-bond donors (Lipinski definition) is 6. The molecule has 6 N–H and O–H groups in total. The number of aromatic nitrogens is 4. The number of aliphatic carboxylic acids is 3. The molecular weight excluding hydrogens is 2250 g/mol. The third-order valence-electron chi connectivity index (χ3n) is 16.4. The number of halogens is 8. The number of ether oxygens (including phenoxy) is 3. The van der Waals surface area contributed by atoms with E-state index >= 15 is 0 Å². The van der Waals surface area contributed by atoms with Gasteiger partial charge in [-0.3, -0.25) is 38.5 Å². The van der Waals surface area contributed by atoms with Gasteiger partial charge in [-0.1, -0.05) is 99.7 Å². The molecule has 34 heteroatoms. The molecule has 2 saturated carbocycles. The fraction of sp³-hybridized carbons (Fsp3) is 0.578. The Balaban J connectivity index is 0.000000608. The number of esters is 3. The second kappa shape index (κ2) is 54.7. The van der Waals surface area contributed by atoms with Crippen LogP contribution in [0.3, 0.4) is 0 Å². The molecule has 5 fully saturated rings. The summed E-state index contributed by atoms with van der Waals surface area (Å²) in [5.74, 6) is -3.11. The summed E-state index contributed by atoms with van der Waals surface area (Å²) in [6, 6.07) is 16.5. The molecule has 12 atom stereocenters. The summed E-state index contributed by atoms with van der Waals surface area (Å²) in [4.78, 5) is 114. The number of cyclic esters (lactones) is 2. The number of carboxylic acids is 3. The molecule has 3 aliphatic heterocycles. The van der Waals surface area contributed by atoms with Crippen LogP contribution in [0.2, 0.25) is 0 Å². The van der Waals surface area contributed by atoms with E-state index in [0.717, 1.165) is 55.4 Å². The summed E-state index contributed by atoms with van der Waals surface area (Å²) in [5, 5.41) is 36.7. The number of benzene rings is 2. The van der Waals surface area contributed by atoms with E-state index < -0.39 is 72.1 Å². The van der Waals surface area contributed by atoms with E-state index in [1.807, 2.05) is 62.4 Å². The zero-order valence-corrected chi connectivity index (χ0v) is 76.0. The molecule has 2 amide bonds. The molecule has 2 aromatic heterocycles. The van der Waals surface area contributed by atoms with E-state index in [4.69, 9.17) is 19.7 Å². The van der Waals surface area contributed by atoms with Gasteiger partial charge < -0.3 is 45.1 Å². The van der Waals surface area contributed by atoms with Crippen molar-refractivity contribution in [3.05, 3.63) is 109 Å². The molecule has 24 nitrogen and oxygen atoms in total. The number of nitrogens with one attached hydrogen (secondary N) is 3. The van der Waals surface area contributed by atoms with Crippen molar-refractivity contribution in [2.45, 2.75) is 212 Å². The van der Waals surface area contributed by atoms with Crippen LogP contribution in [0.15, 0.2) is 98.1 Å². The zero-order chi connectivity index (χ0) is 72.6. The van der Waals surface area contributed by atoms with Crippen molar-refractivity contribution in [3.63, 3.8) is 0 Å². The first-order valence-corrected chi connectivity index (χ1v) is 60.7. The van der Waals surface area contributed by atoms with Gasteiger partial charge in [0, 0.05) is 80.1 Å². The van der Waals surface area contributed by atoms with Gasteiger partial charge in [0.25, 0.3) is 0 Å². The molecule has 98 heavy (non-hydrogen) atoms. The molecule has 2 aromatic carbocycles. The number of hydrogen-bond acceptors (Lipinski definition) is 17. The average molecular weight is 2340 g/mol. The molecule has 0 radical (unpaired) electrons. The number of imidazole rings is 2. The summed E-state index contributed by atoms with van der Waals surface area (Å²) in [6.07, 6.45) is 23.3. The standard InChI is InChI=1S/C22H32N2O3.C15H21NO4.C11H17NO5.C9H15NO2.C7H6N4O.I2.6HI.2V/c1-15(12-13-17-8-4-3-5-9-17)23-16(2)21(25)24-19-11-7-6-10-18(19)14-20(24)22(26)27;1-3-20-15(19)13(16-11(2)14(17)18)10-9-12-7-5-4-6-8-12;1-4-6-8(10(14)16-5-2)12-7(3)9(13)17-11(12)15;11-9(12)8-5-6-3-1-2-4-7(6)10-8;12-7(10-3-1-8-5-10)11-4-2-9-6-11;1-2;;;;;;;;/h3-5,8-9,15-16,18-20,23H,6-7,10-14H2,1-2H3,(H,26,27);4-8,11,13,16H,3,9-10H2,1-2H3,(H,17,18);7-8H,4-6H2,1-3H3;6-8,10H,1-5H2,(H,11,12);1-6H;;6*1H;;/q;;;;;;;;;;;;+2;+3/p-5/t15-,16?,18?,19?,20+;11-,13+;7-,8+;6?,7?,8-;;;;;;;;;;/m1000........../s1. The molecule has 9 rings (SSSR count). The fourth-order valence-corrected chi connectivity index (χ4v) is 11.8. The van der Waals surface area contributed by atoms with Gasteiger partial charge in [-0.15, -0.1) is 24.0 Å². The van der Waals surface area contributed by atoms with Crippen LogP contribution < -0.4 is 16.0 Å². The van der Waals surface area contributed by atoms with Gasteiger partial charge >= 0.3 is 162 Å². The maximum atomic E-state index is 13.1. The second-order valence-electron chi connectivity index (χ2n) is 23.1. The Labute approximate surface area is 683 Å². The second-order valence-corrected chi connectivity index (χ2v) is 70.2. The van der Waals surface area contributed by atoms with Crippen LogP contribution >= 0.6 is 161 Å². The predicted octanol–water partition coefficient (Wildman–Crippen LogP) is 14.3. The Bertz CT molecular complexity index is 2900. The van der Waals surface area contributed by atoms with E-state index in [9.17, 15) is 48.3 Å². The van der Waals surface area contributed by atoms with Gasteiger partial charge in [-0.25, -0.2) is 33.9 Å².